The quantitative estimate of drug-likeness (QED) is 0.733. The van der Waals surface area contributed by atoms with Crippen LogP contribution >= 0.6 is 0 Å². The minimum atomic E-state index is 0.948. The summed E-state index contributed by atoms with van der Waals surface area (Å²) >= 11 is 0. The Hall–Kier alpha value is -2.23. The van der Waals surface area contributed by atoms with Crippen LogP contribution in [0.3, 0.4) is 0 Å². The van der Waals surface area contributed by atoms with Gasteiger partial charge >= 0.3 is 0 Å². The predicted octanol–water partition coefficient (Wildman–Crippen LogP) is 3.55. The molecule has 0 unspecified atom stereocenters. The van der Waals surface area contributed by atoms with Crippen molar-refractivity contribution in [3.8, 4) is 0 Å². The number of fused-ring (bicyclic) bond motifs is 1. The van der Waals surface area contributed by atoms with Crippen LogP contribution in [0.25, 0.3) is 10.9 Å². The Morgan fingerprint density at radius 2 is 1.33 bits per heavy atom. The van der Waals surface area contributed by atoms with Crippen LogP contribution < -0.4 is 0 Å². The van der Waals surface area contributed by atoms with Crippen molar-refractivity contribution >= 4 is 10.9 Å². The molecule has 2 heterocycles. The van der Waals surface area contributed by atoms with E-state index in [9.17, 15) is 0 Å². The Morgan fingerprint density at radius 3 is 2.12 bits per heavy atom. The fourth-order valence-electron chi connectivity index (χ4n) is 3.37. The lowest BCUT2D eigenvalue weighted by atomic mass is 10.2. The van der Waals surface area contributed by atoms with Crippen LogP contribution in [0.1, 0.15) is 11.3 Å². The van der Waals surface area contributed by atoms with Gasteiger partial charge in [-0.25, -0.2) is 0 Å². The molecule has 24 heavy (non-hydrogen) atoms. The lowest BCUT2D eigenvalue weighted by Crippen LogP contribution is -2.45. The molecule has 0 saturated carbocycles. The van der Waals surface area contributed by atoms with Gasteiger partial charge in [0.1, 0.15) is 0 Å². The summed E-state index contributed by atoms with van der Waals surface area (Å²) in [6.07, 6.45) is 0. The van der Waals surface area contributed by atoms with Gasteiger partial charge in [-0.1, -0.05) is 54.6 Å². The summed E-state index contributed by atoms with van der Waals surface area (Å²) in [7, 11) is 0. The highest BCUT2D eigenvalue weighted by Gasteiger charge is 2.17. The minimum absolute atomic E-state index is 0.948. The van der Waals surface area contributed by atoms with E-state index < -0.39 is 0 Å². The lowest BCUT2D eigenvalue weighted by molar-refractivity contribution is 0.121. The molecule has 1 aliphatic rings. The fraction of sp³-hybridized carbons (Fsp3) is 0.286. The molecule has 1 fully saturated rings. The van der Waals surface area contributed by atoms with Crippen LogP contribution in [-0.4, -0.2) is 41.0 Å². The number of aromatic nitrogens is 1. The summed E-state index contributed by atoms with van der Waals surface area (Å²) in [4.78, 5) is 9.85. The summed E-state index contributed by atoms with van der Waals surface area (Å²) in [6, 6.07) is 23.4. The number of para-hydroxylation sites is 1. The van der Waals surface area contributed by atoms with Crippen molar-refractivity contribution in [2.24, 2.45) is 0 Å². The second kappa shape index (κ2) is 7.12. The zero-order valence-corrected chi connectivity index (χ0v) is 13.9. The van der Waals surface area contributed by atoms with Crippen LogP contribution in [-0.2, 0) is 13.1 Å². The second-order valence-electron chi connectivity index (χ2n) is 6.53. The Kier molecular flexibility index (Phi) is 4.54. The second-order valence-corrected chi connectivity index (χ2v) is 6.53. The number of nitrogens with zero attached hydrogens (tertiary/aromatic N) is 3. The largest absolute Gasteiger partial charge is 0.297 e. The molecule has 3 nitrogen and oxygen atoms in total. The molecule has 0 amide bonds. The molecule has 0 radical (unpaired) electrons. The summed E-state index contributed by atoms with van der Waals surface area (Å²) in [5, 5.41) is 1.22. The van der Waals surface area contributed by atoms with E-state index in [1.54, 1.807) is 0 Å². The van der Waals surface area contributed by atoms with Gasteiger partial charge in [-0.05, 0) is 17.7 Å². The van der Waals surface area contributed by atoms with Crippen molar-refractivity contribution in [1.29, 1.82) is 0 Å². The lowest BCUT2D eigenvalue weighted by Gasteiger charge is -2.34. The highest BCUT2D eigenvalue weighted by Crippen LogP contribution is 2.14. The maximum absolute atomic E-state index is 4.80. The zero-order valence-electron chi connectivity index (χ0n) is 13.9. The fourth-order valence-corrected chi connectivity index (χ4v) is 3.37. The van der Waals surface area contributed by atoms with Crippen LogP contribution in [0.5, 0.6) is 0 Å². The standard InChI is InChI=1S/C21H23N3/c1-2-6-18(7-3-1)16-23-12-14-24(15-13-23)17-20-11-10-19-8-4-5-9-21(19)22-20/h1-11H,12-17H2. The Morgan fingerprint density at radius 1 is 0.667 bits per heavy atom. The van der Waals surface area contributed by atoms with Gasteiger partial charge in [-0.2, -0.15) is 0 Å². The number of pyridine rings is 1. The van der Waals surface area contributed by atoms with Gasteiger partial charge in [0.05, 0.1) is 11.2 Å². The number of hydrogen-bond acceptors (Lipinski definition) is 3. The summed E-state index contributed by atoms with van der Waals surface area (Å²) in [6.45, 7) is 6.49. The van der Waals surface area contributed by atoms with Gasteiger partial charge in [0.25, 0.3) is 0 Å². The van der Waals surface area contributed by atoms with Gasteiger partial charge in [-0.3, -0.25) is 14.8 Å². The Balaban J connectivity index is 1.34. The first-order valence-corrected chi connectivity index (χ1v) is 8.70. The molecule has 4 rings (SSSR count). The molecule has 2 aromatic carbocycles. The minimum Gasteiger partial charge on any atom is -0.297 e. The van der Waals surface area contributed by atoms with E-state index in [0.717, 1.165) is 44.8 Å². The van der Waals surface area contributed by atoms with Gasteiger partial charge in [-0.15, -0.1) is 0 Å². The van der Waals surface area contributed by atoms with E-state index in [2.05, 4.69) is 76.5 Å². The average Bonchev–Trinajstić information content (AvgIpc) is 2.64. The number of piperazine rings is 1. The third kappa shape index (κ3) is 3.64. The van der Waals surface area contributed by atoms with Crippen molar-refractivity contribution in [2.75, 3.05) is 26.2 Å². The van der Waals surface area contributed by atoms with E-state index in [4.69, 9.17) is 4.98 Å². The van der Waals surface area contributed by atoms with Crippen molar-refractivity contribution < 1.29 is 0 Å². The maximum atomic E-state index is 4.80. The van der Waals surface area contributed by atoms with Gasteiger partial charge < -0.3 is 0 Å². The maximum Gasteiger partial charge on any atom is 0.0705 e. The summed E-state index contributed by atoms with van der Waals surface area (Å²) in [5.41, 5.74) is 3.67. The number of hydrogen-bond donors (Lipinski definition) is 0. The molecule has 0 N–H and O–H groups in total. The number of rotatable bonds is 4. The van der Waals surface area contributed by atoms with E-state index >= 15 is 0 Å². The van der Waals surface area contributed by atoms with Crippen LogP contribution in [0, 0.1) is 0 Å². The highest BCUT2D eigenvalue weighted by molar-refractivity contribution is 5.78. The van der Waals surface area contributed by atoms with E-state index in [1.165, 1.54) is 16.6 Å². The number of benzene rings is 2. The van der Waals surface area contributed by atoms with Gasteiger partial charge in [0.2, 0.25) is 0 Å². The molecular weight excluding hydrogens is 294 g/mol. The van der Waals surface area contributed by atoms with Gasteiger partial charge in [0.15, 0.2) is 0 Å². The smallest absolute Gasteiger partial charge is 0.0705 e. The van der Waals surface area contributed by atoms with E-state index in [0.29, 0.717) is 0 Å². The zero-order chi connectivity index (χ0) is 16.2. The van der Waals surface area contributed by atoms with Crippen molar-refractivity contribution in [2.45, 2.75) is 13.1 Å². The van der Waals surface area contributed by atoms with Crippen molar-refractivity contribution in [3.63, 3.8) is 0 Å². The van der Waals surface area contributed by atoms with E-state index in [1.807, 2.05) is 0 Å². The third-order valence-electron chi connectivity index (χ3n) is 4.76. The van der Waals surface area contributed by atoms with Crippen LogP contribution in [0.15, 0.2) is 66.7 Å². The van der Waals surface area contributed by atoms with Crippen molar-refractivity contribution in [1.82, 2.24) is 14.8 Å². The molecule has 1 aliphatic heterocycles. The Bertz CT molecular complexity index is 792. The van der Waals surface area contributed by atoms with E-state index in [-0.39, 0.29) is 0 Å². The third-order valence-corrected chi connectivity index (χ3v) is 4.76. The first-order valence-electron chi connectivity index (χ1n) is 8.70. The molecule has 0 atom stereocenters. The van der Waals surface area contributed by atoms with Crippen molar-refractivity contribution in [3.05, 3.63) is 78.0 Å². The molecule has 0 spiro atoms. The molecule has 122 valence electrons. The molecule has 1 aromatic heterocycles. The SMILES string of the molecule is c1ccc(CN2CCN(Cc3ccc4ccccc4n3)CC2)cc1. The summed E-state index contributed by atoms with van der Waals surface area (Å²) < 4.78 is 0. The molecular formula is C21H23N3. The highest BCUT2D eigenvalue weighted by atomic mass is 15.3. The molecule has 3 heteroatoms. The molecule has 1 saturated heterocycles. The Labute approximate surface area is 143 Å². The van der Waals surface area contributed by atoms with Gasteiger partial charge in [0, 0.05) is 44.7 Å². The topological polar surface area (TPSA) is 19.4 Å². The van der Waals surface area contributed by atoms with Crippen LogP contribution in [0.4, 0.5) is 0 Å². The molecule has 0 aliphatic carbocycles. The molecule has 3 aromatic rings. The average molecular weight is 317 g/mol. The molecule has 0 bridgehead atoms. The normalized spacial score (nSPS) is 16.5. The monoisotopic (exact) mass is 317 g/mol. The first-order chi connectivity index (χ1) is 11.9. The predicted molar refractivity (Wildman–Crippen MR) is 98.7 cm³/mol. The van der Waals surface area contributed by atoms with Crippen LogP contribution in [0.2, 0.25) is 0 Å². The first kappa shape index (κ1) is 15.3. The summed E-state index contributed by atoms with van der Waals surface area (Å²) in [5.74, 6) is 0.